The zero-order valence-corrected chi connectivity index (χ0v) is 20.5. The first-order valence-corrected chi connectivity index (χ1v) is 12.8. The van der Waals surface area contributed by atoms with Crippen LogP contribution in [0.4, 0.5) is 4.79 Å². The molecule has 0 radical (unpaired) electrons. The van der Waals surface area contributed by atoms with E-state index in [9.17, 15) is 14.9 Å². The quantitative estimate of drug-likeness (QED) is 0.655. The summed E-state index contributed by atoms with van der Waals surface area (Å²) in [6, 6.07) is 2.34. The molecular formula is C25H40N4O4. The van der Waals surface area contributed by atoms with Crippen molar-refractivity contribution < 1.29 is 19.1 Å². The van der Waals surface area contributed by atoms with Gasteiger partial charge in [-0.1, -0.05) is 20.8 Å². The molecule has 0 aromatic rings. The molecule has 2 aliphatic heterocycles. The maximum absolute atomic E-state index is 13.5. The summed E-state index contributed by atoms with van der Waals surface area (Å²) in [4.78, 5) is 30.1. The van der Waals surface area contributed by atoms with Crippen LogP contribution in [0.1, 0.15) is 59.3 Å². The number of likely N-dealkylation sites (N-methyl/N-ethyl adjacent to an activating group) is 1. The molecule has 0 bridgehead atoms. The smallest absolute Gasteiger partial charge is 0.410 e. The summed E-state index contributed by atoms with van der Waals surface area (Å²) in [5, 5.41) is 12.9. The van der Waals surface area contributed by atoms with Gasteiger partial charge in [0.15, 0.2) is 6.10 Å². The second-order valence-electron chi connectivity index (χ2n) is 10.9. The Morgan fingerprint density at radius 1 is 1.15 bits per heavy atom. The van der Waals surface area contributed by atoms with Crippen molar-refractivity contribution in [3.8, 4) is 6.07 Å². The third-order valence-corrected chi connectivity index (χ3v) is 8.89. The lowest BCUT2D eigenvalue weighted by molar-refractivity contribution is -0.133. The third-order valence-electron chi connectivity index (χ3n) is 8.89. The van der Waals surface area contributed by atoms with E-state index in [4.69, 9.17) is 9.47 Å². The van der Waals surface area contributed by atoms with Crippen LogP contribution < -0.4 is 5.32 Å². The van der Waals surface area contributed by atoms with Crippen LogP contribution in [0.5, 0.6) is 0 Å². The van der Waals surface area contributed by atoms with E-state index in [1.54, 1.807) is 4.90 Å². The summed E-state index contributed by atoms with van der Waals surface area (Å²) < 4.78 is 11.2. The lowest BCUT2D eigenvalue weighted by Crippen LogP contribution is -2.54. The van der Waals surface area contributed by atoms with Gasteiger partial charge in [-0.25, -0.2) is 4.79 Å². The summed E-state index contributed by atoms with van der Waals surface area (Å²) in [5.41, 5.74) is -0.418. The summed E-state index contributed by atoms with van der Waals surface area (Å²) in [6.07, 6.45) is 4.54. The molecule has 184 valence electrons. The number of nitrogens with one attached hydrogen (secondary N) is 1. The number of hydrogen-bond donors (Lipinski definition) is 1. The van der Waals surface area contributed by atoms with Crippen molar-refractivity contribution in [1.29, 1.82) is 5.26 Å². The normalized spacial score (nSPS) is 34.5. The van der Waals surface area contributed by atoms with Crippen molar-refractivity contribution in [3.05, 3.63) is 0 Å². The number of nitrogens with zero attached hydrogens (tertiary/aromatic N) is 3. The molecule has 4 fully saturated rings. The highest BCUT2D eigenvalue weighted by molar-refractivity contribution is 5.84. The van der Waals surface area contributed by atoms with Gasteiger partial charge in [0.2, 0.25) is 0 Å². The van der Waals surface area contributed by atoms with Crippen LogP contribution in [0.15, 0.2) is 0 Å². The first-order chi connectivity index (χ1) is 15.8. The van der Waals surface area contributed by atoms with Crippen LogP contribution in [-0.2, 0) is 14.3 Å². The Morgan fingerprint density at radius 2 is 1.82 bits per heavy atom. The van der Waals surface area contributed by atoms with E-state index in [0.717, 1.165) is 25.9 Å². The molecule has 4 atom stereocenters. The Hall–Kier alpha value is -1.85. The van der Waals surface area contributed by atoms with Crippen molar-refractivity contribution in [3.63, 3.8) is 0 Å². The molecule has 2 aliphatic carbocycles. The third kappa shape index (κ3) is 5.14. The molecule has 8 heteroatoms. The topological polar surface area (TPSA) is 94.9 Å². The first-order valence-electron chi connectivity index (χ1n) is 12.8. The first kappa shape index (κ1) is 24.3. The van der Waals surface area contributed by atoms with Crippen LogP contribution in [0.3, 0.4) is 0 Å². The average molecular weight is 461 g/mol. The van der Waals surface area contributed by atoms with E-state index in [2.05, 4.69) is 37.1 Å². The average Bonchev–Trinajstić information content (AvgIpc) is 3.53. The van der Waals surface area contributed by atoms with Gasteiger partial charge < -0.3 is 24.6 Å². The Kier molecular flexibility index (Phi) is 7.20. The van der Waals surface area contributed by atoms with E-state index >= 15 is 0 Å². The number of hydrogen-bond acceptors (Lipinski definition) is 6. The molecule has 4 rings (SSSR count). The SMILES string of the molecule is CCN1CCC(C#N)(NC(=O)[C@H](CC2CC(C)C3(CC3)C(C)C2)OC(=O)N2CCOCC2)C1. The molecule has 1 N–H and O–H groups in total. The summed E-state index contributed by atoms with van der Waals surface area (Å²) in [6.45, 7) is 10.8. The number of rotatable bonds is 6. The van der Waals surface area contributed by atoms with Gasteiger partial charge >= 0.3 is 6.09 Å². The fraction of sp³-hybridized carbons (Fsp3) is 0.880. The fourth-order valence-electron chi connectivity index (χ4n) is 6.52. The van der Waals surface area contributed by atoms with Gasteiger partial charge in [-0.15, -0.1) is 0 Å². The maximum Gasteiger partial charge on any atom is 0.410 e. The molecule has 33 heavy (non-hydrogen) atoms. The van der Waals surface area contributed by atoms with Crippen molar-refractivity contribution in [1.82, 2.24) is 15.1 Å². The Balaban J connectivity index is 1.45. The highest BCUT2D eigenvalue weighted by Crippen LogP contribution is 2.63. The van der Waals surface area contributed by atoms with Crippen LogP contribution in [0, 0.1) is 34.5 Å². The van der Waals surface area contributed by atoms with Gasteiger partial charge in [-0.2, -0.15) is 5.26 Å². The van der Waals surface area contributed by atoms with E-state index in [1.807, 2.05) is 0 Å². The number of ether oxygens (including phenoxy) is 2. The minimum absolute atomic E-state index is 0.330. The molecule has 4 aliphatic rings. The molecule has 0 aromatic carbocycles. The van der Waals surface area contributed by atoms with E-state index in [0.29, 0.717) is 68.9 Å². The van der Waals surface area contributed by atoms with Gasteiger partial charge in [0.05, 0.1) is 19.3 Å². The van der Waals surface area contributed by atoms with E-state index in [1.165, 1.54) is 12.8 Å². The van der Waals surface area contributed by atoms with Gasteiger partial charge in [0.1, 0.15) is 5.54 Å². The Labute approximate surface area is 197 Å². The van der Waals surface area contributed by atoms with Gasteiger partial charge in [-0.05, 0) is 68.2 Å². The van der Waals surface area contributed by atoms with Crippen molar-refractivity contribution >= 4 is 12.0 Å². The molecule has 2 saturated heterocycles. The van der Waals surface area contributed by atoms with Crippen LogP contribution in [0.25, 0.3) is 0 Å². The summed E-state index contributed by atoms with van der Waals surface area (Å²) in [5.74, 6) is 1.26. The second kappa shape index (κ2) is 9.79. The number of amides is 2. The number of morpholine rings is 1. The molecule has 8 nitrogen and oxygen atoms in total. The molecule has 0 aromatic heterocycles. The fourth-order valence-corrected chi connectivity index (χ4v) is 6.52. The Bertz CT molecular complexity index is 759. The van der Waals surface area contributed by atoms with Gasteiger partial charge in [0, 0.05) is 26.2 Å². The lowest BCUT2D eigenvalue weighted by atomic mass is 9.65. The maximum atomic E-state index is 13.5. The summed E-state index contributed by atoms with van der Waals surface area (Å²) in [7, 11) is 0. The van der Waals surface area contributed by atoms with Crippen molar-refractivity contribution in [2.75, 3.05) is 45.9 Å². The highest BCUT2D eigenvalue weighted by Gasteiger charge is 2.54. The minimum atomic E-state index is -0.915. The largest absolute Gasteiger partial charge is 0.436 e. The second-order valence-corrected chi connectivity index (χ2v) is 10.9. The van der Waals surface area contributed by atoms with Crippen LogP contribution >= 0.6 is 0 Å². The zero-order valence-electron chi connectivity index (χ0n) is 20.5. The van der Waals surface area contributed by atoms with E-state index in [-0.39, 0.29) is 5.91 Å². The lowest BCUT2D eigenvalue weighted by Gasteiger charge is -2.41. The Morgan fingerprint density at radius 3 is 2.36 bits per heavy atom. The molecule has 2 saturated carbocycles. The predicted molar refractivity (Wildman–Crippen MR) is 123 cm³/mol. The number of likely N-dealkylation sites (tertiary alicyclic amines) is 1. The standard InChI is InChI=1S/C25H40N4O4/c1-4-28-8-7-24(16-26,17-28)27-22(30)21(33-23(31)29-9-11-32-12-10-29)15-20-13-18(2)25(5-6-25)19(3)14-20/h18-21H,4-15,17H2,1-3H3,(H,27,30)/t18?,19?,20?,21-,24?/m0/s1. The van der Waals surface area contributed by atoms with Crippen LogP contribution in [-0.4, -0.2) is 79.4 Å². The van der Waals surface area contributed by atoms with Gasteiger partial charge in [-0.3, -0.25) is 4.79 Å². The van der Waals surface area contributed by atoms with Crippen molar-refractivity contribution in [2.24, 2.45) is 23.2 Å². The number of carbonyl (C=O) groups is 2. The molecule has 2 heterocycles. The zero-order chi connectivity index (χ0) is 23.6. The molecule has 1 spiro atoms. The van der Waals surface area contributed by atoms with Crippen LogP contribution in [0.2, 0.25) is 0 Å². The van der Waals surface area contributed by atoms with Crippen molar-refractivity contribution in [2.45, 2.75) is 70.9 Å². The minimum Gasteiger partial charge on any atom is -0.436 e. The van der Waals surface area contributed by atoms with E-state index < -0.39 is 17.7 Å². The molecule has 3 unspecified atom stereocenters. The molecular weight excluding hydrogens is 420 g/mol. The predicted octanol–water partition coefficient (Wildman–Crippen LogP) is 2.78. The summed E-state index contributed by atoms with van der Waals surface area (Å²) >= 11 is 0. The number of nitriles is 1. The number of carbonyl (C=O) groups excluding carboxylic acids is 2. The van der Waals surface area contributed by atoms with Gasteiger partial charge in [0.25, 0.3) is 5.91 Å². The monoisotopic (exact) mass is 460 g/mol. The highest BCUT2D eigenvalue weighted by atomic mass is 16.6. The molecule has 2 amide bonds.